The molecule has 1 saturated carbocycles. The van der Waals surface area contributed by atoms with Gasteiger partial charge in [0.2, 0.25) is 15.9 Å². The van der Waals surface area contributed by atoms with Crippen LogP contribution in [-0.2, 0) is 21.4 Å². The lowest BCUT2D eigenvalue weighted by Gasteiger charge is -2.29. The summed E-state index contributed by atoms with van der Waals surface area (Å²) in [4.78, 5) is 26.8. The van der Waals surface area contributed by atoms with Gasteiger partial charge in [-0.1, -0.05) is 18.9 Å². The van der Waals surface area contributed by atoms with Crippen LogP contribution in [0.2, 0.25) is 0 Å². The molecular weight excluding hydrogens is 406 g/mol. The largest absolute Gasteiger partial charge is 0.467 e. The number of carbonyl (C=O) groups is 2. The molecule has 0 spiro atoms. The van der Waals surface area contributed by atoms with Crippen molar-refractivity contribution in [3.8, 4) is 0 Å². The van der Waals surface area contributed by atoms with Gasteiger partial charge in [-0.05, 0) is 43.2 Å². The molecule has 0 atom stereocenters. The Labute approximate surface area is 175 Å². The van der Waals surface area contributed by atoms with Crippen LogP contribution in [0.3, 0.4) is 0 Å². The smallest absolute Gasteiger partial charge is 0.254 e. The van der Waals surface area contributed by atoms with E-state index in [1.165, 1.54) is 12.1 Å². The van der Waals surface area contributed by atoms with E-state index in [-0.39, 0.29) is 42.4 Å². The third kappa shape index (κ3) is 4.27. The number of rotatable bonds is 6. The summed E-state index contributed by atoms with van der Waals surface area (Å²) in [6.07, 6.45) is 5.56. The zero-order chi connectivity index (χ0) is 21.1. The number of amides is 2. The van der Waals surface area contributed by atoms with Crippen molar-refractivity contribution in [1.82, 2.24) is 14.5 Å². The Morgan fingerprint density at radius 2 is 2.00 bits per heavy atom. The summed E-state index contributed by atoms with van der Waals surface area (Å²) in [6, 6.07) is 9.80. The molecule has 1 aliphatic carbocycles. The van der Waals surface area contributed by atoms with Crippen LogP contribution < -0.4 is 5.32 Å². The van der Waals surface area contributed by atoms with Crippen molar-refractivity contribution in [1.29, 1.82) is 0 Å². The van der Waals surface area contributed by atoms with Gasteiger partial charge in [-0.2, -0.15) is 4.31 Å². The first-order chi connectivity index (χ1) is 14.4. The molecule has 0 unspecified atom stereocenters. The van der Waals surface area contributed by atoms with E-state index in [0.29, 0.717) is 17.9 Å². The lowest BCUT2D eigenvalue weighted by molar-refractivity contribution is -0.122. The zero-order valence-corrected chi connectivity index (χ0v) is 17.4. The fourth-order valence-electron chi connectivity index (χ4n) is 4.08. The van der Waals surface area contributed by atoms with Crippen LogP contribution in [0.15, 0.2) is 52.0 Å². The number of sulfonamides is 1. The molecule has 1 aromatic carbocycles. The molecule has 2 aliphatic rings. The van der Waals surface area contributed by atoms with Crippen molar-refractivity contribution in [3.05, 3.63) is 54.0 Å². The molecule has 160 valence electrons. The van der Waals surface area contributed by atoms with Crippen molar-refractivity contribution in [3.63, 3.8) is 0 Å². The van der Waals surface area contributed by atoms with Gasteiger partial charge in [0.15, 0.2) is 0 Å². The van der Waals surface area contributed by atoms with Gasteiger partial charge in [-0.15, -0.1) is 0 Å². The summed E-state index contributed by atoms with van der Waals surface area (Å²) < 4.78 is 32.6. The van der Waals surface area contributed by atoms with Gasteiger partial charge in [-0.25, -0.2) is 8.42 Å². The molecule has 8 nitrogen and oxygen atoms in total. The SMILES string of the molecule is O=C1CN(S(=O)(=O)c2cccc(C(=O)N(Cc3ccco3)C3CCCC3)c2)CCN1. The van der Waals surface area contributed by atoms with E-state index < -0.39 is 10.0 Å². The molecule has 1 aliphatic heterocycles. The molecule has 2 amide bonds. The number of benzene rings is 1. The number of nitrogens with one attached hydrogen (secondary N) is 1. The van der Waals surface area contributed by atoms with Crippen LogP contribution in [0.25, 0.3) is 0 Å². The monoisotopic (exact) mass is 431 g/mol. The number of nitrogens with zero attached hydrogens (tertiary/aromatic N) is 2. The molecule has 1 aromatic heterocycles. The molecule has 4 rings (SSSR count). The van der Waals surface area contributed by atoms with Crippen LogP contribution in [0.4, 0.5) is 0 Å². The van der Waals surface area contributed by atoms with Gasteiger partial charge >= 0.3 is 0 Å². The normalized spacial score (nSPS) is 18.3. The van der Waals surface area contributed by atoms with Gasteiger partial charge in [0, 0.05) is 24.7 Å². The molecule has 2 fully saturated rings. The lowest BCUT2D eigenvalue weighted by Crippen LogP contribution is -2.49. The Hall–Kier alpha value is -2.65. The van der Waals surface area contributed by atoms with Crippen LogP contribution in [0.1, 0.15) is 41.8 Å². The van der Waals surface area contributed by atoms with Crippen molar-refractivity contribution in [2.75, 3.05) is 19.6 Å². The number of furan rings is 1. The number of carbonyl (C=O) groups excluding carboxylic acids is 2. The van der Waals surface area contributed by atoms with E-state index in [1.54, 1.807) is 29.4 Å². The Bertz CT molecular complexity index is 1010. The third-order valence-electron chi connectivity index (χ3n) is 5.65. The quantitative estimate of drug-likeness (QED) is 0.754. The minimum absolute atomic E-state index is 0.0208. The highest BCUT2D eigenvalue weighted by atomic mass is 32.2. The molecule has 1 N–H and O–H groups in total. The second-order valence-corrected chi connectivity index (χ2v) is 9.61. The maximum absolute atomic E-state index is 13.4. The van der Waals surface area contributed by atoms with Crippen molar-refractivity contribution < 1.29 is 22.4 Å². The predicted molar refractivity (Wildman–Crippen MR) is 109 cm³/mol. The third-order valence-corrected chi connectivity index (χ3v) is 7.50. The van der Waals surface area contributed by atoms with Crippen LogP contribution in [0, 0.1) is 0 Å². The Kier molecular flexibility index (Phi) is 5.92. The summed E-state index contributed by atoms with van der Waals surface area (Å²) in [5.41, 5.74) is 0.316. The molecule has 1 saturated heterocycles. The van der Waals surface area contributed by atoms with Gasteiger partial charge < -0.3 is 14.6 Å². The Morgan fingerprint density at radius 1 is 1.20 bits per heavy atom. The number of hydrogen-bond donors (Lipinski definition) is 1. The average molecular weight is 432 g/mol. The van der Waals surface area contributed by atoms with E-state index in [1.807, 2.05) is 6.07 Å². The molecule has 2 aromatic rings. The van der Waals surface area contributed by atoms with E-state index >= 15 is 0 Å². The summed E-state index contributed by atoms with van der Waals surface area (Å²) in [5.74, 6) is 0.146. The fourth-order valence-corrected chi connectivity index (χ4v) is 5.52. The molecule has 2 heterocycles. The second-order valence-electron chi connectivity index (χ2n) is 7.67. The maximum atomic E-state index is 13.4. The van der Waals surface area contributed by atoms with E-state index in [4.69, 9.17) is 4.42 Å². The minimum atomic E-state index is -3.86. The van der Waals surface area contributed by atoms with Gasteiger partial charge in [0.1, 0.15) is 5.76 Å². The average Bonchev–Trinajstić information content (AvgIpc) is 3.46. The standard InChI is InChI=1S/C21H25N3O5S/c25-20-15-23(11-10-22-20)30(27,28)19-9-3-5-16(13-19)21(26)24(17-6-1-2-7-17)14-18-8-4-12-29-18/h3-5,8-9,12-13,17H,1-2,6-7,10-11,14-15H2,(H,22,25). The second kappa shape index (κ2) is 8.61. The van der Waals surface area contributed by atoms with E-state index in [9.17, 15) is 18.0 Å². The minimum Gasteiger partial charge on any atom is -0.467 e. The van der Waals surface area contributed by atoms with Crippen molar-refractivity contribution in [2.45, 2.75) is 43.2 Å². The van der Waals surface area contributed by atoms with E-state index in [0.717, 1.165) is 30.0 Å². The fraction of sp³-hybridized carbons (Fsp3) is 0.429. The number of piperazine rings is 1. The molecule has 30 heavy (non-hydrogen) atoms. The highest BCUT2D eigenvalue weighted by Gasteiger charge is 2.31. The maximum Gasteiger partial charge on any atom is 0.254 e. The van der Waals surface area contributed by atoms with Gasteiger partial charge in [0.25, 0.3) is 5.91 Å². The number of hydrogen-bond acceptors (Lipinski definition) is 5. The molecule has 9 heteroatoms. The predicted octanol–water partition coefficient (Wildman–Crippen LogP) is 1.99. The first-order valence-electron chi connectivity index (χ1n) is 10.2. The van der Waals surface area contributed by atoms with E-state index in [2.05, 4.69) is 5.32 Å². The van der Waals surface area contributed by atoms with Crippen molar-refractivity contribution >= 4 is 21.8 Å². The molecule has 0 bridgehead atoms. The Morgan fingerprint density at radius 3 is 2.70 bits per heavy atom. The van der Waals surface area contributed by atoms with Gasteiger partial charge in [-0.3, -0.25) is 9.59 Å². The first-order valence-corrected chi connectivity index (χ1v) is 11.6. The zero-order valence-electron chi connectivity index (χ0n) is 16.6. The summed E-state index contributed by atoms with van der Waals surface area (Å²) >= 11 is 0. The van der Waals surface area contributed by atoms with Crippen molar-refractivity contribution in [2.24, 2.45) is 0 Å². The summed E-state index contributed by atoms with van der Waals surface area (Å²) in [6.45, 7) is 0.612. The van der Waals surface area contributed by atoms with Crippen LogP contribution >= 0.6 is 0 Å². The van der Waals surface area contributed by atoms with Crippen LogP contribution in [-0.4, -0.2) is 55.1 Å². The topological polar surface area (TPSA) is 99.9 Å². The Balaban J connectivity index is 1.61. The molecule has 0 radical (unpaired) electrons. The lowest BCUT2D eigenvalue weighted by atomic mass is 10.1. The summed E-state index contributed by atoms with van der Waals surface area (Å²) in [7, 11) is -3.86. The highest BCUT2D eigenvalue weighted by molar-refractivity contribution is 7.89. The highest BCUT2D eigenvalue weighted by Crippen LogP contribution is 2.27. The van der Waals surface area contributed by atoms with Crippen LogP contribution in [0.5, 0.6) is 0 Å². The van der Waals surface area contributed by atoms with Gasteiger partial charge in [0.05, 0.1) is 24.2 Å². The molecular formula is C21H25N3O5S. The first kappa shape index (κ1) is 20.6. The summed E-state index contributed by atoms with van der Waals surface area (Å²) in [5, 5.41) is 2.62.